The highest BCUT2D eigenvalue weighted by Crippen LogP contribution is 2.21. The number of hydrogen-bond donors (Lipinski definition) is 0. The van der Waals surface area contributed by atoms with Crippen molar-refractivity contribution in [2.75, 3.05) is 7.11 Å². The van der Waals surface area contributed by atoms with Crippen molar-refractivity contribution in [3.8, 4) is 11.8 Å². The summed E-state index contributed by atoms with van der Waals surface area (Å²) >= 11 is 0. The lowest BCUT2D eigenvalue weighted by Gasteiger charge is -2.05. The number of aryl methyl sites for hydroxylation is 1. The van der Waals surface area contributed by atoms with Gasteiger partial charge in [-0.1, -0.05) is 43.0 Å². The van der Waals surface area contributed by atoms with E-state index >= 15 is 0 Å². The number of nitrogens with zero attached hydrogens (tertiary/aromatic N) is 1. The molecule has 0 aromatic heterocycles. The second kappa shape index (κ2) is 7.24. The quantitative estimate of drug-likeness (QED) is 0.466. The van der Waals surface area contributed by atoms with Crippen LogP contribution in [0.3, 0.4) is 0 Å². The van der Waals surface area contributed by atoms with E-state index in [1.807, 2.05) is 31.2 Å². The Morgan fingerprint density at radius 1 is 1.17 bits per heavy atom. The van der Waals surface area contributed by atoms with Gasteiger partial charge in [-0.25, -0.2) is 0 Å². The molecule has 0 N–H and O–H groups in total. The van der Waals surface area contributed by atoms with Crippen molar-refractivity contribution >= 4 is 17.9 Å². The molecule has 0 bridgehead atoms. The predicted octanol–water partition coefficient (Wildman–Crippen LogP) is 4.44. The van der Waals surface area contributed by atoms with E-state index in [0.29, 0.717) is 5.56 Å². The molecule has 0 fully saturated rings. The number of hydrogen-bond acceptors (Lipinski definition) is 3. The summed E-state index contributed by atoms with van der Waals surface area (Å²) in [5.41, 5.74) is 3.24. The van der Waals surface area contributed by atoms with Crippen LogP contribution < -0.4 is 4.74 Å². The smallest absolute Gasteiger partial charge is 0.203 e. The average molecular weight is 303 g/mol. The highest BCUT2D eigenvalue weighted by Gasteiger charge is 2.12. The Hall–Kier alpha value is -3.12. The van der Waals surface area contributed by atoms with E-state index in [9.17, 15) is 10.1 Å². The molecule has 0 aliphatic carbocycles. The number of methoxy groups -OCH3 is 1. The van der Waals surface area contributed by atoms with Gasteiger partial charge in [0.25, 0.3) is 0 Å². The van der Waals surface area contributed by atoms with Crippen LogP contribution in [-0.2, 0) is 0 Å². The summed E-state index contributed by atoms with van der Waals surface area (Å²) in [6.45, 7) is 5.59. The number of allylic oxidation sites excluding steroid dienone is 1. The summed E-state index contributed by atoms with van der Waals surface area (Å²) in [6, 6.07) is 14.5. The number of ether oxygens (including phenoxy) is 1. The molecule has 0 aliphatic rings. The maximum atomic E-state index is 12.4. The summed E-state index contributed by atoms with van der Waals surface area (Å²) in [4.78, 5) is 12.4. The van der Waals surface area contributed by atoms with E-state index in [2.05, 4.69) is 6.58 Å². The summed E-state index contributed by atoms with van der Waals surface area (Å²) < 4.78 is 5.21. The minimum atomic E-state index is -0.295. The molecule has 0 radical (unpaired) electrons. The van der Waals surface area contributed by atoms with E-state index in [0.717, 1.165) is 22.4 Å². The first kappa shape index (κ1) is 16.3. The lowest BCUT2D eigenvalue weighted by molar-refractivity contribution is 0.104. The van der Waals surface area contributed by atoms with E-state index < -0.39 is 0 Å². The molecule has 0 saturated heterocycles. The van der Waals surface area contributed by atoms with Crippen LogP contribution in [0.4, 0.5) is 0 Å². The highest BCUT2D eigenvalue weighted by molar-refractivity contribution is 6.14. The summed E-state index contributed by atoms with van der Waals surface area (Å²) in [5, 5.41) is 9.31. The van der Waals surface area contributed by atoms with Gasteiger partial charge in [0.05, 0.1) is 7.11 Å². The molecule has 0 amide bonds. The average Bonchev–Trinajstić information content (AvgIpc) is 2.59. The molecule has 114 valence electrons. The Balaban J connectivity index is 2.34. The van der Waals surface area contributed by atoms with Crippen molar-refractivity contribution in [2.45, 2.75) is 6.92 Å². The fraction of sp³-hybridized carbons (Fsp3) is 0.100. The first-order valence-electron chi connectivity index (χ1n) is 7.12. The summed E-state index contributed by atoms with van der Waals surface area (Å²) in [6.07, 6.45) is 3.30. The second-order valence-electron chi connectivity index (χ2n) is 5.05. The maximum Gasteiger partial charge on any atom is 0.203 e. The largest absolute Gasteiger partial charge is 0.496 e. The number of ketones is 1. The fourth-order valence-corrected chi connectivity index (χ4v) is 2.23. The van der Waals surface area contributed by atoms with Crippen LogP contribution in [0.1, 0.15) is 27.0 Å². The van der Waals surface area contributed by atoms with Crippen molar-refractivity contribution in [1.82, 2.24) is 0 Å². The Labute approximate surface area is 136 Å². The number of rotatable bonds is 5. The molecule has 0 unspecified atom stereocenters. The van der Waals surface area contributed by atoms with Crippen molar-refractivity contribution < 1.29 is 9.53 Å². The Bertz CT molecular complexity index is 809. The van der Waals surface area contributed by atoms with Crippen LogP contribution in [0.25, 0.3) is 12.2 Å². The standard InChI is InChI=1S/C20H17NO2/c1-4-15-5-8-17(9-6-15)20(22)18(13-21)12-16-7-10-19(23-3)14(2)11-16/h4-12H,1H2,2-3H3. The predicted molar refractivity (Wildman–Crippen MR) is 92.2 cm³/mol. The van der Waals surface area contributed by atoms with Crippen molar-refractivity contribution in [2.24, 2.45) is 0 Å². The third-order valence-electron chi connectivity index (χ3n) is 3.50. The molecular formula is C20H17NO2. The molecule has 2 rings (SSSR count). The number of benzene rings is 2. The minimum absolute atomic E-state index is 0.0981. The van der Waals surface area contributed by atoms with Gasteiger partial charge in [-0.05, 0) is 41.8 Å². The molecule has 3 heteroatoms. The zero-order chi connectivity index (χ0) is 16.8. The normalized spacial score (nSPS) is 10.7. The van der Waals surface area contributed by atoms with Gasteiger partial charge in [0.15, 0.2) is 0 Å². The van der Waals surface area contributed by atoms with Gasteiger partial charge in [-0.3, -0.25) is 4.79 Å². The molecule has 0 heterocycles. The Morgan fingerprint density at radius 3 is 2.35 bits per heavy atom. The Morgan fingerprint density at radius 2 is 1.83 bits per heavy atom. The highest BCUT2D eigenvalue weighted by atomic mass is 16.5. The van der Waals surface area contributed by atoms with Crippen LogP contribution in [0, 0.1) is 18.3 Å². The lowest BCUT2D eigenvalue weighted by Crippen LogP contribution is -2.02. The fourth-order valence-electron chi connectivity index (χ4n) is 2.23. The van der Waals surface area contributed by atoms with Crippen LogP contribution in [0.15, 0.2) is 54.6 Å². The zero-order valence-corrected chi connectivity index (χ0v) is 13.2. The maximum absolute atomic E-state index is 12.4. The number of carbonyl (C=O) groups excluding carboxylic acids is 1. The first-order chi connectivity index (χ1) is 11.1. The van der Waals surface area contributed by atoms with Gasteiger partial charge in [0.2, 0.25) is 5.78 Å². The van der Waals surface area contributed by atoms with Crippen LogP contribution >= 0.6 is 0 Å². The molecule has 23 heavy (non-hydrogen) atoms. The molecular weight excluding hydrogens is 286 g/mol. The molecule has 2 aromatic carbocycles. The molecule has 0 spiro atoms. The van der Waals surface area contributed by atoms with Gasteiger partial charge in [0, 0.05) is 5.56 Å². The summed E-state index contributed by atoms with van der Waals surface area (Å²) in [7, 11) is 1.61. The minimum Gasteiger partial charge on any atom is -0.496 e. The van der Waals surface area contributed by atoms with E-state index in [1.54, 1.807) is 43.5 Å². The van der Waals surface area contributed by atoms with Crippen molar-refractivity contribution in [3.05, 3.63) is 76.9 Å². The van der Waals surface area contributed by atoms with Gasteiger partial charge in [-0.2, -0.15) is 5.26 Å². The van der Waals surface area contributed by atoms with Crippen LogP contribution in [0.2, 0.25) is 0 Å². The monoisotopic (exact) mass is 303 g/mol. The van der Waals surface area contributed by atoms with E-state index in [1.165, 1.54) is 0 Å². The lowest BCUT2D eigenvalue weighted by atomic mass is 10.00. The van der Waals surface area contributed by atoms with Crippen LogP contribution in [0.5, 0.6) is 5.75 Å². The molecule has 0 aliphatic heterocycles. The first-order valence-corrected chi connectivity index (χ1v) is 7.12. The SMILES string of the molecule is C=Cc1ccc(C(=O)C(C#N)=Cc2ccc(OC)c(C)c2)cc1. The van der Waals surface area contributed by atoms with Gasteiger partial charge in [-0.15, -0.1) is 0 Å². The topological polar surface area (TPSA) is 50.1 Å². The van der Waals surface area contributed by atoms with Crippen molar-refractivity contribution in [3.63, 3.8) is 0 Å². The molecule has 3 nitrogen and oxygen atoms in total. The molecule has 0 atom stereocenters. The van der Waals surface area contributed by atoms with Gasteiger partial charge < -0.3 is 4.74 Å². The van der Waals surface area contributed by atoms with E-state index in [-0.39, 0.29) is 11.4 Å². The number of carbonyl (C=O) groups is 1. The van der Waals surface area contributed by atoms with Gasteiger partial charge >= 0.3 is 0 Å². The number of nitriles is 1. The van der Waals surface area contributed by atoms with E-state index in [4.69, 9.17) is 4.74 Å². The molecule has 0 saturated carbocycles. The Kier molecular flexibility index (Phi) is 5.11. The molecule has 2 aromatic rings. The van der Waals surface area contributed by atoms with Crippen LogP contribution in [-0.4, -0.2) is 12.9 Å². The summed E-state index contributed by atoms with van der Waals surface area (Å²) in [5.74, 6) is 0.476. The number of Topliss-reactive ketones (excluding diaryl/α,β-unsaturated/α-hetero) is 1. The second-order valence-corrected chi connectivity index (χ2v) is 5.05. The third kappa shape index (κ3) is 3.75. The zero-order valence-electron chi connectivity index (χ0n) is 13.2. The van der Waals surface area contributed by atoms with Crippen molar-refractivity contribution in [1.29, 1.82) is 5.26 Å². The van der Waals surface area contributed by atoms with Gasteiger partial charge in [0.1, 0.15) is 17.4 Å². The third-order valence-corrected chi connectivity index (χ3v) is 3.50.